The number of nitrogens with one attached hydrogen (secondary N) is 1. The standard InChI is InChI=1S/C18H24N2O3/c21-17(22)15-8-10-20(11-9-15)18(23)19-16(14-6-7-14)12-13-4-2-1-3-5-13/h1-5,14-16H,6-12H2,(H,19,23)(H,21,22). The summed E-state index contributed by atoms with van der Waals surface area (Å²) in [6.07, 6.45) is 4.33. The third kappa shape index (κ3) is 4.24. The zero-order chi connectivity index (χ0) is 16.2. The number of urea groups is 1. The number of piperidine rings is 1. The van der Waals surface area contributed by atoms with Crippen LogP contribution < -0.4 is 5.32 Å². The Morgan fingerprint density at radius 3 is 2.35 bits per heavy atom. The topological polar surface area (TPSA) is 69.6 Å². The van der Waals surface area contributed by atoms with Gasteiger partial charge in [0, 0.05) is 19.1 Å². The molecule has 5 heteroatoms. The van der Waals surface area contributed by atoms with Crippen LogP contribution in [0.3, 0.4) is 0 Å². The maximum Gasteiger partial charge on any atom is 0.317 e. The van der Waals surface area contributed by atoms with Crippen LogP contribution in [-0.4, -0.2) is 41.1 Å². The Kier molecular flexibility index (Phi) is 4.84. The monoisotopic (exact) mass is 316 g/mol. The second-order valence-electron chi connectivity index (χ2n) is 6.68. The number of aliphatic carboxylic acids is 1. The SMILES string of the molecule is O=C(O)C1CCN(C(=O)NC(Cc2ccccc2)C2CC2)CC1. The van der Waals surface area contributed by atoms with Gasteiger partial charge in [0.1, 0.15) is 0 Å². The summed E-state index contributed by atoms with van der Waals surface area (Å²) >= 11 is 0. The summed E-state index contributed by atoms with van der Waals surface area (Å²) in [7, 11) is 0. The molecule has 1 aromatic rings. The summed E-state index contributed by atoms with van der Waals surface area (Å²) in [5.74, 6) is -0.469. The molecular formula is C18H24N2O3. The summed E-state index contributed by atoms with van der Waals surface area (Å²) in [4.78, 5) is 25.2. The normalized spacial score (nSPS) is 20.1. The third-order valence-corrected chi connectivity index (χ3v) is 4.93. The number of likely N-dealkylation sites (tertiary alicyclic amines) is 1. The molecule has 1 saturated heterocycles. The molecule has 1 aromatic carbocycles. The van der Waals surface area contributed by atoms with E-state index in [0.29, 0.717) is 31.8 Å². The van der Waals surface area contributed by atoms with Crippen molar-refractivity contribution in [3.63, 3.8) is 0 Å². The quantitative estimate of drug-likeness (QED) is 0.877. The maximum absolute atomic E-state index is 12.5. The molecule has 0 spiro atoms. The average molecular weight is 316 g/mol. The molecule has 1 heterocycles. The fourth-order valence-electron chi connectivity index (χ4n) is 3.28. The van der Waals surface area contributed by atoms with Crippen LogP contribution >= 0.6 is 0 Å². The van der Waals surface area contributed by atoms with Crippen molar-refractivity contribution in [1.29, 1.82) is 0 Å². The Bertz CT molecular complexity index is 549. The lowest BCUT2D eigenvalue weighted by atomic mass is 9.97. The van der Waals surface area contributed by atoms with Gasteiger partial charge in [-0.05, 0) is 43.6 Å². The fraction of sp³-hybridized carbons (Fsp3) is 0.556. The number of carboxylic acid groups (broad SMARTS) is 1. The number of amides is 2. The van der Waals surface area contributed by atoms with Crippen LogP contribution in [-0.2, 0) is 11.2 Å². The number of rotatable bonds is 5. The molecule has 3 rings (SSSR count). The number of hydrogen-bond acceptors (Lipinski definition) is 2. The minimum absolute atomic E-state index is 0.0401. The molecule has 1 aliphatic carbocycles. The highest BCUT2D eigenvalue weighted by atomic mass is 16.4. The second kappa shape index (κ2) is 7.02. The van der Waals surface area contributed by atoms with Crippen molar-refractivity contribution in [2.24, 2.45) is 11.8 Å². The van der Waals surface area contributed by atoms with Gasteiger partial charge in [-0.25, -0.2) is 4.79 Å². The summed E-state index contributed by atoms with van der Waals surface area (Å²) in [6.45, 7) is 1.07. The van der Waals surface area contributed by atoms with Gasteiger partial charge in [-0.3, -0.25) is 4.79 Å². The number of carbonyl (C=O) groups is 2. The maximum atomic E-state index is 12.5. The Hall–Kier alpha value is -2.04. The minimum atomic E-state index is -0.745. The number of nitrogens with zero attached hydrogens (tertiary/aromatic N) is 1. The van der Waals surface area contributed by atoms with Crippen molar-refractivity contribution in [3.05, 3.63) is 35.9 Å². The van der Waals surface area contributed by atoms with Crippen LogP contribution in [0.5, 0.6) is 0 Å². The molecule has 5 nitrogen and oxygen atoms in total. The predicted molar refractivity (Wildman–Crippen MR) is 87.1 cm³/mol. The van der Waals surface area contributed by atoms with E-state index in [2.05, 4.69) is 17.4 Å². The molecule has 1 saturated carbocycles. The number of benzene rings is 1. The van der Waals surface area contributed by atoms with Crippen molar-refractivity contribution in [1.82, 2.24) is 10.2 Å². The number of carbonyl (C=O) groups excluding carboxylic acids is 1. The third-order valence-electron chi connectivity index (χ3n) is 4.93. The lowest BCUT2D eigenvalue weighted by molar-refractivity contribution is -0.143. The first kappa shape index (κ1) is 15.8. The van der Waals surface area contributed by atoms with Gasteiger partial charge in [-0.15, -0.1) is 0 Å². The largest absolute Gasteiger partial charge is 0.481 e. The van der Waals surface area contributed by atoms with E-state index in [9.17, 15) is 9.59 Å². The van der Waals surface area contributed by atoms with Crippen molar-refractivity contribution in [2.45, 2.75) is 38.1 Å². The Balaban J connectivity index is 1.54. The molecule has 0 radical (unpaired) electrons. The van der Waals surface area contributed by atoms with Crippen molar-refractivity contribution >= 4 is 12.0 Å². The fourth-order valence-corrected chi connectivity index (χ4v) is 3.28. The first-order chi connectivity index (χ1) is 11.1. The highest BCUT2D eigenvalue weighted by Crippen LogP contribution is 2.34. The van der Waals surface area contributed by atoms with Gasteiger partial charge >= 0.3 is 12.0 Å². The Labute approximate surface area is 136 Å². The number of carboxylic acids is 1. The lowest BCUT2D eigenvalue weighted by Gasteiger charge is -2.32. The van der Waals surface area contributed by atoms with Crippen LogP contribution in [0.25, 0.3) is 0 Å². The molecule has 2 amide bonds. The van der Waals surface area contributed by atoms with Gasteiger partial charge in [0.2, 0.25) is 0 Å². The molecule has 0 aromatic heterocycles. The van der Waals surface area contributed by atoms with Crippen molar-refractivity contribution in [3.8, 4) is 0 Å². The molecule has 124 valence electrons. The first-order valence-electron chi connectivity index (χ1n) is 8.45. The zero-order valence-electron chi connectivity index (χ0n) is 13.3. The van der Waals surface area contributed by atoms with E-state index in [1.807, 2.05) is 18.2 Å². The minimum Gasteiger partial charge on any atom is -0.481 e. The molecule has 1 atom stereocenters. The van der Waals surface area contributed by atoms with Gasteiger partial charge in [0.05, 0.1) is 5.92 Å². The molecular weight excluding hydrogens is 292 g/mol. The number of hydrogen-bond donors (Lipinski definition) is 2. The van der Waals surface area contributed by atoms with E-state index in [0.717, 1.165) is 6.42 Å². The molecule has 2 N–H and O–H groups in total. The van der Waals surface area contributed by atoms with E-state index in [1.165, 1.54) is 18.4 Å². The van der Waals surface area contributed by atoms with Gasteiger partial charge < -0.3 is 15.3 Å². The van der Waals surface area contributed by atoms with E-state index >= 15 is 0 Å². The summed E-state index contributed by atoms with van der Waals surface area (Å²) in [5, 5.41) is 12.2. The molecule has 2 fully saturated rings. The smallest absolute Gasteiger partial charge is 0.317 e. The molecule has 2 aliphatic rings. The highest BCUT2D eigenvalue weighted by molar-refractivity contribution is 5.75. The van der Waals surface area contributed by atoms with Crippen molar-refractivity contribution < 1.29 is 14.7 Å². The van der Waals surface area contributed by atoms with Gasteiger partial charge in [0.25, 0.3) is 0 Å². The predicted octanol–water partition coefficient (Wildman–Crippen LogP) is 2.51. The lowest BCUT2D eigenvalue weighted by Crippen LogP contribution is -2.49. The summed E-state index contributed by atoms with van der Waals surface area (Å²) in [5.41, 5.74) is 1.24. The van der Waals surface area contributed by atoms with Crippen LogP contribution in [0.15, 0.2) is 30.3 Å². The first-order valence-corrected chi connectivity index (χ1v) is 8.45. The molecule has 0 bridgehead atoms. The van der Waals surface area contributed by atoms with Crippen molar-refractivity contribution in [2.75, 3.05) is 13.1 Å². The van der Waals surface area contributed by atoms with Crippen LogP contribution in [0.1, 0.15) is 31.2 Å². The van der Waals surface area contributed by atoms with Gasteiger partial charge in [-0.2, -0.15) is 0 Å². The molecule has 1 aliphatic heterocycles. The Morgan fingerprint density at radius 1 is 1.13 bits per heavy atom. The summed E-state index contributed by atoms with van der Waals surface area (Å²) < 4.78 is 0. The van der Waals surface area contributed by atoms with Crippen LogP contribution in [0.4, 0.5) is 4.79 Å². The Morgan fingerprint density at radius 2 is 1.78 bits per heavy atom. The molecule has 1 unspecified atom stereocenters. The van der Waals surface area contributed by atoms with E-state index in [4.69, 9.17) is 5.11 Å². The second-order valence-corrected chi connectivity index (χ2v) is 6.68. The van der Waals surface area contributed by atoms with E-state index < -0.39 is 5.97 Å². The summed E-state index contributed by atoms with van der Waals surface area (Å²) in [6, 6.07) is 10.4. The van der Waals surface area contributed by atoms with Crippen LogP contribution in [0.2, 0.25) is 0 Å². The zero-order valence-corrected chi connectivity index (χ0v) is 13.3. The highest BCUT2D eigenvalue weighted by Gasteiger charge is 2.34. The van der Waals surface area contributed by atoms with E-state index in [1.54, 1.807) is 4.90 Å². The van der Waals surface area contributed by atoms with Crippen LogP contribution in [0, 0.1) is 11.8 Å². The average Bonchev–Trinajstić information content (AvgIpc) is 3.40. The molecule has 23 heavy (non-hydrogen) atoms. The van der Waals surface area contributed by atoms with Gasteiger partial charge in [0.15, 0.2) is 0 Å². The van der Waals surface area contributed by atoms with Gasteiger partial charge in [-0.1, -0.05) is 30.3 Å². The van der Waals surface area contributed by atoms with E-state index in [-0.39, 0.29) is 18.0 Å².